The molecule has 4 nitrogen and oxygen atoms in total. The molecule has 30 heavy (non-hydrogen) atoms. The second-order valence-corrected chi connectivity index (χ2v) is 7.34. The number of allylic oxidation sites excluding steroid dienone is 1. The van der Waals surface area contributed by atoms with Crippen molar-refractivity contribution in [3.05, 3.63) is 34.7 Å². The van der Waals surface area contributed by atoms with Crippen LogP contribution in [0.3, 0.4) is 0 Å². The molecule has 0 fully saturated rings. The summed E-state index contributed by atoms with van der Waals surface area (Å²) in [7, 11) is 1.81. The lowest BCUT2D eigenvalue weighted by molar-refractivity contribution is 0.287. The van der Waals surface area contributed by atoms with E-state index in [-0.39, 0.29) is 0 Å². The van der Waals surface area contributed by atoms with Crippen LogP contribution in [0.15, 0.2) is 29.2 Å². The van der Waals surface area contributed by atoms with Crippen LogP contribution in [0.2, 0.25) is 0 Å². The van der Waals surface area contributed by atoms with Crippen molar-refractivity contribution >= 4 is 23.7 Å². The zero-order valence-corrected chi connectivity index (χ0v) is 21.6. The van der Waals surface area contributed by atoms with Gasteiger partial charge in [0.25, 0.3) is 0 Å². The second-order valence-electron chi connectivity index (χ2n) is 6.29. The van der Waals surface area contributed by atoms with Gasteiger partial charge in [0.15, 0.2) is 0 Å². The maximum Gasteiger partial charge on any atom is 0.107 e. The monoisotopic (exact) mass is 437 g/mol. The van der Waals surface area contributed by atoms with Crippen LogP contribution in [0.5, 0.6) is 0 Å². The SMILES string of the molecule is CC.CCC.CCCCO.CCCN(CCC)c1ccc(/C=C(\C#N)SNC)cc1. The highest BCUT2D eigenvalue weighted by Gasteiger charge is 2.04. The van der Waals surface area contributed by atoms with E-state index in [1.807, 2.05) is 27.0 Å². The van der Waals surface area contributed by atoms with Crippen molar-refractivity contribution in [2.24, 2.45) is 0 Å². The molecule has 0 radical (unpaired) electrons. The second kappa shape index (κ2) is 27.5. The number of aliphatic hydroxyl groups excluding tert-OH is 1. The van der Waals surface area contributed by atoms with E-state index in [1.165, 1.54) is 24.1 Å². The molecule has 0 amide bonds. The standard InChI is InChI=1S/C16H23N3S.C4H10O.C3H8.C2H6/c1-4-10-19(11-5-2)15-8-6-14(7-9-15)12-16(13-17)20-18-3;1-2-3-4-5;1-3-2;1-2/h6-9,12,18H,4-5,10-11H2,1-3H3;5H,2-4H2,1H3;3H2,1-2H3;1-2H3/b16-12+;;;. The Labute approximate surface area is 191 Å². The van der Waals surface area contributed by atoms with Crippen molar-refractivity contribution in [3.63, 3.8) is 0 Å². The zero-order valence-electron chi connectivity index (χ0n) is 20.8. The maximum absolute atomic E-state index is 9.01. The van der Waals surface area contributed by atoms with Gasteiger partial charge in [-0.2, -0.15) is 5.26 Å². The Balaban J connectivity index is -0.000000613. The molecule has 0 aromatic heterocycles. The van der Waals surface area contributed by atoms with Gasteiger partial charge < -0.3 is 10.0 Å². The first-order chi connectivity index (χ1) is 14.6. The minimum atomic E-state index is 0.344. The molecule has 1 rings (SSSR count). The first kappa shape index (κ1) is 33.2. The number of hydrogen-bond donors (Lipinski definition) is 2. The fourth-order valence-corrected chi connectivity index (χ4v) is 2.66. The molecular weight excluding hydrogens is 390 g/mol. The lowest BCUT2D eigenvalue weighted by Crippen LogP contribution is -2.24. The van der Waals surface area contributed by atoms with Crippen molar-refractivity contribution in [2.45, 2.75) is 80.6 Å². The highest BCUT2D eigenvalue weighted by atomic mass is 32.2. The Hall–Kier alpha value is -1.48. The number of nitrogens with one attached hydrogen (secondary N) is 1. The molecule has 0 aliphatic rings. The third-order valence-corrected chi connectivity index (χ3v) is 4.01. The summed E-state index contributed by atoms with van der Waals surface area (Å²) in [6.07, 6.45) is 7.49. The summed E-state index contributed by atoms with van der Waals surface area (Å²) >= 11 is 1.34. The largest absolute Gasteiger partial charge is 0.396 e. The highest BCUT2D eigenvalue weighted by molar-refractivity contribution is 8.01. The van der Waals surface area contributed by atoms with E-state index in [4.69, 9.17) is 10.4 Å². The average Bonchev–Trinajstić information content (AvgIpc) is 2.77. The molecule has 0 atom stereocenters. The summed E-state index contributed by atoms with van der Waals surface area (Å²) in [6.45, 7) is 17.2. The predicted octanol–water partition coefficient (Wildman–Crippen LogP) is 7.27. The molecule has 174 valence electrons. The molecule has 2 N–H and O–H groups in total. The minimum absolute atomic E-state index is 0.344. The van der Waals surface area contributed by atoms with Crippen LogP contribution in [-0.2, 0) is 0 Å². The number of benzene rings is 1. The number of nitrogens with zero attached hydrogens (tertiary/aromatic N) is 2. The van der Waals surface area contributed by atoms with Crippen LogP contribution in [-0.4, -0.2) is 31.9 Å². The molecular formula is C25H47N3OS. The van der Waals surface area contributed by atoms with Crippen LogP contribution < -0.4 is 9.62 Å². The Morgan fingerprint density at radius 3 is 1.83 bits per heavy atom. The van der Waals surface area contributed by atoms with E-state index in [0.717, 1.165) is 44.3 Å². The first-order valence-corrected chi connectivity index (χ1v) is 12.3. The molecule has 0 aliphatic carbocycles. The van der Waals surface area contributed by atoms with Crippen molar-refractivity contribution in [1.29, 1.82) is 5.26 Å². The van der Waals surface area contributed by atoms with Gasteiger partial charge in [0.05, 0.1) is 0 Å². The lowest BCUT2D eigenvalue weighted by atomic mass is 10.1. The molecule has 1 aromatic carbocycles. The number of nitriles is 1. The molecule has 5 heteroatoms. The van der Waals surface area contributed by atoms with Gasteiger partial charge in [-0.1, -0.05) is 73.4 Å². The summed E-state index contributed by atoms with van der Waals surface area (Å²) in [5.41, 5.74) is 2.31. The topological polar surface area (TPSA) is 59.3 Å². The van der Waals surface area contributed by atoms with Gasteiger partial charge >= 0.3 is 0 Å². The van der Waals surface area contributed by atoms with Gasteiger partial charge in [-0.05, 0) is 62.0 Å². The smallest absolute Gasteiger partial charge is 0.107 e. The van der Waals surface area contributed by atoms with E-state index in [2.05, 4.69) is 74.6 Å². The minimum Gasteiger partial charge on any atom is -0.396 e. The fourth-order valence-electron chi connectivity index (χ4n) is 2.20. The lowest BCUT2D eigenvalue weighted by Gasteiger charge is -2.23. The maximum atomic E-state index is 9.01. The third-order valence-electron chi connectivity index (χ3n) is 3.38. The van der Waals surface area contributed by atoms with Crippen molar-refractivity contribution < 1.29 is 5.11 Å². The van der Waals surface area contributed by atoms with Crippen LogP contribution >= 0.6 is 11.9 Å². The molecule has 0 saturated heterocycles. The average molecular weight is 438 g/mol. The third kappa shape index (κ3) is 19.8. The van der Waals surface area contributed by atoms with Gasteiger partial charge in [0, 0.05) is 25.4 Å². The van der Waals surface area contributed by atoms with Crippen molar-refractivity contribution in [1.82, 2.24) is 4.72 Å². The molecule has 0 saturated carbocycles. The van der Waals surface area contributed by atoms with E-state index in [0.29, 0.717) is 11.5 Å². The van der Waals surface area contributed by atoms with E-state index >= 15 is 0 Å². The molecule has 0 heterocycles. The van der Waals surface area contributed by atoms with Crippen LogP contribution in [0.4, 0.5) is 5.69 Å². The van der Waals surface area contributed by atoms with Crippen LogP contribution in [0.1, 0.15) is 86.1 Å². The Kier molecular flexibility index (Phi) is 30.4. The van der Waals surface area contributed by atoms with E-state index < -0.39 is 0 Å². The number of unbranched alkanes of at least 4 members (excludes halogenated alkanes) is 1. The zero-order chi connectivity index (χ0) is 23.6. The van der Waals surface area contributed by atoms with Crippen molar-refractivity contribution in [3.8, 4) is 6.07 Å². The molecule has 0 aliphatic heterocycles. The van der Waals surface area contributed by atoms with Crippen LogP contribution in [0, 0.1) is 11.3 Å². The van der Waals surface area contributed by atoms with Gasteiger partial charge in [-0.15, -0.1) is 0 Å². The Bertz CT molecular complexity index is 516. The predicted molar refractivity (Wildman–Crippen MR) is 139 cm³/mol. The van der Waals surface area contributed by atoms with E-state index in [1.54, 1.807) is 0 Å². The Morgan fingerprint density at radius 1 is 1.03 bits per heavy atom. The van der Waals surface area contributed by atoms with Gasteiger partial charge in [-0.25, -0.2) is 0 Å². The van der Waals surface area contributed by atoms with Gasteiger partial charge in [0.2, 0.25) is 0 Å². The van der Waals surface area contributed by atoms with E-state index in [9.17, 15) is 0 Å². The summed E-state index contributed by atoms with van der Waals surface area (Å²) < 4.78 is 2.92. The first-order valence-electron chi connectivity index (χ1n) is 11.5. The number of rotatable bonds is 10. The molecule has 0 unspecified atom stereocenters. The fraction of sp³-hybridized carbons (Fsp3) is 0.640. The van der Waals surface area contributed by atoms with Gasteiger partial charge in [0.1, 0.15) is 11.0 Å². The quantitative estimate of drug-likeness (QED) is 0.298. The normalized spacial score (nSPS) is 9.67. The molecule has 0 bridgehead atoms. The van der Waals surface area contributed by atoms with Crippen LogP contribution in [0.25, 0.3) is 6.08 Å². The highest BCUT2D eigenvalue weighted by Crippen LogP contribution is 2.20. The van der Waals surface area contributed by atoms with Crippen molar-refractivity contribution in [2.75, 3.05) is 31.6 Å². The number of hydrogen-bond acceptors (Lipinski definition) is 5. The molecule has 1 aromatic rings. The number of aliphatic hydroxyl groups is 1. The summed E-state index contributed by atoms with van der Waals surface area (Å²) in [5.74, 6) is 0. The summed E-state index contributed by atoms with van der Waals surface area (Å²) in [6, 6.07) is 10.6. The molecule has 0 spiro atoms. The number of anilines is 1. The summed E-state index contributed by atoms with van der Waals surface area (Å²) in [4.78, 5) is 3.07. The Morgan fingerprint density at radius 2 is 1.53 bits per heavy atom. The van der Waals surface area contributed by atoms with Gasteiger partial charge in [-0.3, -0.25) is 4.72 Å². The summed E-state index contributed by atoms with van der Waals surface area (Å²) in [5, 5.41) is 17.1.